The summed E-state index contributed by atoms with van der Waals surface area (Å²) >= 11 is 0. The van der Waals surface area contributed by atoms with Gasteiger partial charge in [0.2, 0.25) is 6.23 Å². The number of likely N-dealkylation sites (N-methyl/N-ethyl adjacent to an activating group) is 1. The number of phenols is 1. The first-order valence-corrected chi connectivity index (χ1v) is 13.6. The van der Waals surface area contributed by atoms with E-state index in [4.69, 9.17) is 9.47 Å². The van der Waals surface area contributed by atoms with Crippen LogP contribution >= 0.6 is 0 Å². The lowest BCUT2D eigenvalue weighted by molar-refractivity contribution is -0.944. The number of ether oxygens (including phenoxy) is 2. The second-order valence-electron chi connectivity index (χ2n) is 10.8. The number of nitrogens with zero attached hydrogens (tertiary/aromatic N) is 1. The quantitative estimate of drug-likeness (QED) is 0.187. The highest BCUT2D eigenvalue weighted by atomic mass is 16.6. The molecule has 0 bridgehead atoms. The summed E-state index contributed by atoms with van der Waals surface area (Å²) in [5.41, 5.74) is 5.32. The van der Waals surface area contributed by atoms with E-state index in [0.717, 1.165) is 28.7 Å². The molecule has 3 aromatic carbocycles. The fourth-order valence-corrected chi connectivity index (χ4v) is 5.20. The molecule has 0 amide bonds. The van der Waals surface area contributed by atoms with Crippen LogP contribution in [0.2, 0.25) is 0 Å². The van der Waals surface area contributed by atoms with Crippen LogP contribution in [0.1, 0.15) is 30.0 Å². The first-order valence-electron chi connectivity index (χ1n) is 13.6. The van der Waals surface area contributed by atoms with Gasteiger partial charge in [0.25, 0.3) is 0 Å². The van der Waals surface area contributed by atoms with Crippen molar-refractivity contribution in [3.8, 4) is 11.5 Å². The number of aliphatic hydroxyl groups excluding tert-OH is 3. The number of carboxylic acids is 1. The third kappa shape index (κ3) is 6.78. The van der Waals surface area contributed by atoms with E-state index in [2.05, 4.69) is 19.1 Å². The molecule has 5 atom stereocenters. The van der Waals surface area contributed by atoms with E-state index in [9.17, 15) is 30.3 Å². The number of hydrogen-bond donors (Lipinski definition) is 5. The molecule has 3 aromatic rings. The Morgan fingerprint density at radius 1 is 0.829 bits per heavy atom. The van der Waals surface area contributed by atoms with E-state index in [-0.39, 0.29) is 16.8 Å². The molecule has 0 unspecified atom stereocenters. The molecular weight excluding hydrogens is 526 g/mol. The predicted octanol–water partition coefficient (Wildman–Crippen LogP) is 3.11. The standard InChI is InChI=1S/C32H37NO8/c1-4-25(20-8-6-5-7-9-20)26(21-10-14-23(34)15-11-21)22-12-16-24(17-13-22)40-19-18-33(2,3)31-29(37)27(35)28(36)30(41-31)32(38)39/h5-17,27-31,35-37H,4,18-19H2,1-3H3,(H-,34,38,39)/p+1/t27-,28-,29+,30-,31+/m0/s1. The lowest BCUT2D eigenvalue weighted by Gasteiger charge is -2.46. The first-order chi connectivity index (χ1) is 19.5. The minimum absolute atomic E-state index is 0.00250. The first kappa shape index (κ1) is 30.2. The third-order valence-corrected chi connectivity index (χ3v) is 7.53. The number of aromatic hydroxyl groups is 1. The highest BCUT2D eigenvalue weighted by molar-refractivity contribution is 5.98. The number of benzene rings is 3. The zero-order valence-corrected chi connectivity index (χ0v) is 23.4. The van der Waals surface area contributed by atoms with Crippen LogP contribution < -0.4 is 4.74 Å². The van der Waals surface area contributed by atoms with Crippen LogP contribution in [0, 0.1) is 0 Å². The molecule has 9 heteroatoms. The molecule has 1 saturated heterocycles. The summed E-state index contributed by atoms with van der Waals surface area (Å²) in [7, 11) is 3.46. The summed E-state index contributed by atoms with van der Waals surface area (Å²) in [6.07, 6.45) is -6.79. The van der Waals surface area contributed by atoms with Crippen molar-refractivity contribution in [2.45, 2.75) is 44.0 Å². The van der Waals surface area contributed by atoms with E-state index in [1.807, 2.05) is 54.6 Å². The van der Waals surface area contributed by atoms with Gasteiger partial charge >= 0.3 is 5.97 Å². The van der Waals surface area contributed by atoms with Crippen LogP contribution in [0.3, 0.4) is 0 Å². The maximum Gasteiger partial charge on any atom is 0.335 e. The van der Waals surface area contributed by atoms with E-state index in [1.165, 1.54) is 5.57 Å². The molecule has 41 heavy (non-hydrogen) atoms. The van der Waals surface area contributed by atoms with Gasteiger partial charge in [0.15, 0.2) is 12.2 Å². The number of hydrogen-bond acceptors (Lipinski definition) is 7. The van der Waals surface area contributed by atoms with Crippen LogP contribution in [-0.4, -0.2) is 93.9 Å². The highest BCUT2D eigenvalue weighted by Gasteiger charge is 2.52. The molecule has 5 N–H and O–H groups in total. The number of phenolic OH excluding ortho intramolecular Hbond substituents is 1. The Balaban J connectivity index is 1.51. The lowest BCUT2D eigenvalue weighted by atomic mass is 9.88. The lowest BCUT2D eigenvalue weighted by Crippen LogP contribution is -2.68. The van der Waals surface area contributed by atoms with Gasteiger partial charge in [-0.3, -0.25) is 4.48 Å². The fraction of sp³-hybridized carbons (Fsp3) is 0.344. The fourth-order valence-electron chi connectivity index (χ4n) is 5.20. The Morgan fingerprint density at radius 3 is 1.98 bits per heavy atom. The number of allylic oxidation sites excluding steroid dienone is 1. The van der Waals surface area contributed by atoms with Gasteiger partial charge in [-0.1, -0.05) is 61.5 Å². The summed E-state index contributed by atoms with van der Waals surface area (Å²) in [6, 6.07) is 25.1. The summed E-state index contributed by atoms with van der Waals surface area (Å²) < 4.78 is 11.5. The van der Waals surface area contributed by atoms with Gasteiger partial charge < -0.3 is 35.0 Å². The summed E-state index contributed by atoms with van der Waals surface area (Å²) in [5, 5.41) is 49.9. The van der Waals surface area contributed by atoms with Crippen molar-refractivity contribution in [2.75, 3.05) is 27.2 Å². The van der Waals surface area contributed by atoms with Crippen LogP contribution in [0.5, 0.6) is 11.5 Å². The molecule has 1 heterocycles. The van der Waals surface area contributed by atoms with Gasteiger partial charge in [-0.25, -0.2) is 4.79 Å². The van der Waals surface area contributed by atoms with E-state index in [0.29, 0.717) is 12.3 Å². The zero-order valence-electron chi connectivity index (χ0n) is 23.4. The van der Waals surface area contributed by atoms with E-state index in [1.54, 1.807) is 26.2 Å². The molecule has 1 fully saturated rings. The minimum atomic E-state index is -1.73. The average Bonchev–Trinajstić information content (AvgIpc) is 2.96. The molecule has 0 saturated carbocycles. The van der Waals surface area contributed by atoms with Gasteiger partial charge in [0.05, 0.1) is 14.1 Å². The molecular formula is C32H38NO8+. The Labute approximate surface area is 239 Å². The molecule has 0 aliphatic carbocycles. The molecule has 0 aromatic heterocycles. The minimum Gasteiger partial charge on any atom is -0.508 e. The molecule has 0 spiro atoms. The second kappa shape index (κ2) is 12.8. The highest BCUT2D eigenvalue weighted by Crippen LogP contribution is 2.35. The average molecular weight is 565 g/mol. The number of carboxylic acid groups (broad SMARTS) is 1. The van der Waals surface area contributed by atoms with Gasteiger partial charge in [0.1, 0.15) is 36.9 Å². The van der Waals surface area contributed by atoms with Crippen molar-refractivity contribution in [2.24, 2.45) is 0 Å². The zero-order chi connectivity index (χ0) is 29.7. The second-order valence-corrected chi connectivity index (χ2v) is 10.8. The summed E-state index contributed by atoms with van der Waals surface area (Å²) in [6.45, 7) is 2.66. The Bertz CT molecular complexity index is 1340. The van der Waals surface area contributed by atoms with Crippen molar-refractivity contribution >= 4 is 17.1 Å². The maximum atomic E-state index is 11.5. The molecule has 9 nitrogen and oxygen atoms in total. The number of aliphatic carboxylic acids is 1. The Hall–Kier alpha value is -3.73. The normalized spacial score (nSPS) is 23.5. The maximum absolute atomic E-state index is 11.5. The Morgan fingerprint density at radius 2 is 1.41 bits per heavy atom. The van der Waals surface area contributed by atoms with Gasteiger partial charge in [-0.2, -0.15) is 0 Å². The molecule has 1 aliphatic rings. The van der Waals surface area contributed by atoms with Crippen molar-refractivity contribution in [3.05, 3.63) is 95.6 Å². The van der Waals surface area contributed by atoms with Crippen LogP contribution in [0.25, 0.3) is 11.1 Å². The monoisotopic (exact) mass is 564 g/mol. The van der Waals surface area contributed by atoms with Crippen LogP contribution in [0.4, 0.5) is 0 Å². The van der Waals surface area contributed by atoms with Gasteiger partial charge in [-0.15, -0.1) is 0 Å². The van der Waals surface area contributed by atoms with Crippen molar-refractivity contribution < 1.29 is 44.3 Å². The van der Waals surface area contributed by atoms with Crippen molar-refractivity contribution in [3.63, 3.8) is 0 Å². The Kier molecular flexibility index (Phi) is 9.47. The summed E-state index contributed by atoms with van der Waals surface area (Å²) in [5.74, 6) is -0.587. The SMILES string of the molecule is CCC(=C(c1ccc(O)cc1)c1ccc(OCC[N+](C)(C)[C@@H]2O[C@H](C(=O)O)[C@@H](O)[C@H](O)[C@H]2O)cc1)c1ccccc1. The predicted molar refractivity (Wildman–Crippen MR) is 154 cm³/mol. The van der Waals surface area contributed by atoms with Crippen molar-refractivity contribution in [1.82, 2.24) is 0 Å². The number of carbonyl (C=O) groups is 1. The van der Waals surface area contributed by atoms with Crippen molar-refractivity contribution in [1.29, 1.82) is 0 Å². The van der Waals surface area contributed by atoms with E-state index >= 15 is 0 Å². The number of rotatable bonds is 10. The molecule has 1 aliphatic heterocycles. The smallest absolute Gasteiger partial charge is 0.335 e. The molecule has 218 valence electrons. The molecule has 0 radical (unpaired) electrons. The largest absolute Gasteiger partial charge is 0.508 e. The summed E-state index contributed by atoms with van der Waals surface area (Å²) in [4.78, 5) is 11.5. The van der Waals surface area contributed by atoms with Crippen LogP contribution in [-0.2, 0) is 9.53 Å². The van der Waals surface area contributed by atoms with E-state index < -0.39 is 36.6 Å². The van der Waals surface area contributed by atoms with Gasteiger partial charge in [0, 0.05) is 0 Å². The number of quaternary nitrogens is 1. The van der Waals surface area contributed by atoms with Crippen LogP contribution in [0.15, 0.2) is 78.9 Å². The van der Waals surface area contributed by atoms with Gasteiger partial charge in [-0.05, 0) is 58.5 Å². The molecule has 4 rings (SSSR count). The number of aliphatic hydroxyl groups is 3. The third-order valence-electron chi connectivity index (χ3n) is 7.53. The topological polar surface area (TPSA) is 137 Å².